The Morgan fingerprint density at radius 1 is 1.62 bits per heavy atom. The molecule has 0 spiro atoms. The number of aliphatic carboxylic acids is 1. The van der Waals surface area contributed by atoms with Gasteiger partial charge in [-0.25, -0.2) is 4.79 Å². The first-order valence-corrected chi connectivity index (χ1v) is 1.55. The first-order chi connectivity index (χ1) is 2.64. The Bertz CT molecular complexity index is 62.3. The number of carbonyl (C=O) groups is 1. The molecule has 0 aromatic rings. The quantitative estimate of drug-likeness (QED) is 0.444. The molecule has 0 amide bonds. The van der Waals surface area contributed by atoms with Gasteiger partial charge in [0, 0.05) is 0 Å². The van der Waals surface area contributed by atoms with Crippen LogP contribution < -0.4 is 0 Å². The van der Waals surface area contributed by atoms with E-state index in [-0.39, 0.29) is 28.5 Å². The summed E-state index contributed by atoms with van der Waals surface area (Å²) in [6, 6.07) is 0. The first-order valence-electron chi connectivity index (χ1n) is 1.55. The smallest absolute Gasteiger partial charge is 2.00 e. The molecule has 0 aromatic carbocycles. The molecule has 0 bridgehead atoms. The van der Waals surface area contributed by atoms with Crippen LogP contribution in [0.5, 0.6) is 0 Å². The molecule has 0 radical (unpaired) electrons. The van der Waals surface area contributed by atoms with Crippen LogP contribution in [0.2, 0.25) is 0 Å². The molecule has 4 nitrogen and oxygen atoms in total. The molecule has 0 saturated heterocycles. The minimum Gasteiger partial charge on any atom is -2.00 e. The minimum absolute atomic E-state index is 0. The van der Waals surface area contributed by atoms with Crippen molar-refractivity contribution in [1.29, 1.82) is 0 Å². The molecule has 44 valence electrons. The van der Waals surface area contributed by atoms with Crippen molar-refractivity contribution in [2.45, 2.75) is 13.0 Å². The van der Waals surface area contributed by atoms with Gasteiger partial charge >= 0.3 is 29.0 Å². The van der Waals surface area contributed by atoms with Gasteiger partial charge in [-0.2, -0.15) is 0 Å². The van der Waals surface area contributed by atoms with E-state index in [1.54, 1.807) is 0 Å². The molecule has 0 aliphatic heterocycles. The third kappa shape index (κ3) is 9.48. The normalized spacial score (nSPS) is 10.2. The maximum absolute atomic E-state index is 9.45. The number of hydrogen-bond acceptors (Lipinski definition) is 2. The Kier molecular flexibility index (Phi) is 14.1. The molecule has 8 heavy (non-hydrogen) atoms. The van der Waals surface area contributed by atoms with Crippen molar-refractivity contribution in [3.63, 3.8) is 0 Å². The molecular formula is C3H6MgO4. The van der Waals surface area contributed by atoms with Crippen molar-refractivity contribution in [3.05, 3.63) is 0 Å². The molecule has 0 aliphatic rings. The van der Waals surface area contributed by atoms with Crippen LogP contribution in [0.3, 0.4) is 0 Å². The molecule has 0 aromatic heterocycles. The molecule has 0 aliphatic carbocycles. The summed E-state index contributed by atoms with van der Waals surface area (Å²) in [5.41, 5.74) is 0. The van der Waals surface area contributed by atoms with E-state index in [0.717, 1.165) is 0 Å². The number of hydrogen-bond donors (Lipinski definition) is 2. The molecule has 1 atom stereocenters. The van der Waals surface area contributed by atoms with Crippen molar-refractivity contribution in [2.75, 3.05) is 0 Å². The summed E-state index contributed by atoms with van der Waals surface area (Å²) in [7, 11) is 0. The van der Waals surface area contributed by atoms with Gasteiger partial charge in [-0.1, -0.05) is 0 Å². The van der Waals surface area contributed by atoms with E-state index in [2.05, 4.69) is 0 Å². The van der Waals surface area contributed by atoms with E-state index in [1.165, 1.54) is 6.92 Å². The number of carboxylic acid groups (broad SMARTS) is 1. The summed E-state index contributed by atoms with van der Waals surface area (Å²) in [5.74, 6) is -1.19. The fraction of sp³-hybridized carbons (Fsp3) is 0.667. The Morgan fingerprint density at radius 3 is 1.75 bits per heavy atom. The summed E-state index contributed by atoms with van der Waals surface area (Å²) >= 11 is 0. The van der Waals surface area contributed by atoms with Crippen molar-refractivity contribution in [2.24, 2.45) is 0 Å². The molecular weight excluding hydrogens is 124 g/mol. The fourth-order valence-corrected chi connectivity index (χ4v) is 0. The van der Waals surface area contributed by atoms with E-state index in [4.69, 9.17) is 10.2 Å². The third-order valence-corrected chi connectivity index (χ3v) is 0.357. The van der Waals surface area contributed by atoms with Crippen molar-refractivity contribution in [3.8, 4) is 0 Å². The Morgan fingerprint density at radius 2 is 1.75 bits per heavy atom. The third-order valence-electron chi connectivity index (χ3n) is 0.357. The summed E-state index contributed by atoms with van der Waals surface area (Å²) in [5, 5.41) is 15.8. The molecule has 0 heterocycles. The molecule has 2 N–H and O–H groups in total. The molecule has 5 heteroatoms. The van der Waals surface area contributed by atoms with Crippen LogP contribution in [0, 0.1) is 0 Å². The van der Waals surface area contributed by atoms with E-state index in [9.17, 15) is 4.79 Å². The topological polar surface area (TPSA) is 86.0 Å². The van der Waals surface area contributed by atoms with Crippen LogP contribution in [-0.4, -0.2) is 45.3 Å². The number of aliphatic hydroxyl groups is 1. The zero-order valence-electron chi connectivity index (χ0n) is 4.50. The second-order valence-corrected chi connectivity index (χ2v) is 1.01. The summed E-state index contributed by atoms with van der Waals surface area (Å²) in [6.07, 6.45) is -1.23. The molecule has 0 rings (SSSR count). The van der Waals surface area contributed by atoms with Gasteiger partial charge in [0.2, 0.25) is 0 Å². The second kappa shape index (κ2) is 7.16. The van der Waals surface area contributed by atoms with Gasteiger partial charge in [0.1, 0.15) is 6.10 Å². The second-order valence-electron chi connectivity index (χ2n) is 1.01. The van der Waals surface area contributed by atoms with Gasteiger partial charge in [0.15, 0.2) is 0 Å². The van der Waals surface area contributed by atoms with Crippen LogP contribution in [0.1, 0.15) is 6.92 Å². The van der Waals surface area contributed by atoms with Crippen LogP contribution in [0.4, 0.5) is 0 Å². The van der Waals surface area contributed by atoms with E-state index >= 15 is 0 Å². The van der Waals surface area contributed by atoms with E-state index < -0.39 is 12.1 Å². The largest absolute Gasteiger partial charge is 2.00 e. The van der Waals surface area contributed by atoms with Gasteiger partial charge in [-0.15, -0.1) is 0 Å². The van der Waals surface area contributed by atoms with Gasteiger partial charge < -0.3 is 15.7 Å². The number of aliphatic hydroxyl groups excluding tert-OH is 1. The number of carboxylic acids is 1. The van der Waals surface area contributed by atoms with Crippen LogP contribution in [0.25, 0.3) is 0 Å². The standard InChI is InChI=1S/C3H6O3.Mg.O/c1-2(4)3(5)6;;/h2,4H,1H3,(H,5,6);;/q;+2;-2. The Hall–Kier alpha value is 0.156. The maximum Gasteiger partial charge on any atom is 2.00 e. The number of rotatable bonds is 1. The van der Waals surface area contributed by atoms with Crippen LogP contribution in [0.15, 0.2) is 0 Å². The van der Waals surface area contributed by atoms with E-state index in [1.807, 2.05) is 0 Å². The molecule has 1 unspecified atom stereocenters. The van der Waals surface area contributed by atoms with Crippen molar-refractivity contribution < 1.29 is 20.5 Å². The zero-order chi connectivity index (χ0) is 5.15. The van der Waals surface area contributed by atoms with Crippen LogP contribution >= 0.6 is 0 Å². The average Bonchev–Trinajstić information content (AvgIpc) is 1.36. The predicted molar refractivity (Wildman–Crippen MR) is 25.8 cm³/mol. The molecule has 0 saturated carbocycles. The summed E-state index contributed by atoms with van der Waals surface area (Å²) < 4.78 is 0. The van der Waals surface area contributed by atoms with Crippen LogP contribution in [-0.2, 0) is 10.3 Å². The Balaban J connectivity index is -0.000000125. The molecule has 0 fully saturated rings. The first kappa shape index (κ1) is 15.7. The van der Waals surface area contributed by atoms with E-state index in [0.29, 0.717) is 0 Å². The average molecular weight is 130 g/mol. The van der Waals surface area contributed by atoms with Gasteiger partial charge in [0.05, 0.1) is 0 Å². The Labute approximate surface area is 63.0 Å². The van der Waals surface area contributed by atoms with Gasteiger partial charge in [-0.05, 0) is 6.92 Å². The fourth-order valence-electron chi connectivity index (χ4n) is 0. The zero-order valence-corrected chi connectivity index (χ0v) is 5.91. The summed E-state index contributed by atoms with van der Waals surface area (Å²) in [6.45, 7) is 1.20. The van der Waals surface area contributed by atoms with Gasteiger partial charge in [-0.3, -0.25) is 0 Å². The maximum atomic E-state index is 9.45. The summed E-state index contributed by atoms with van der Waals surface area (Å²) in [4.78, 5) is 9.45. The van der Waals surface area contributed by atoms with Crippen molar-refractivity contribution >= 4 is 29.0 Å². The van der Waals surface area contributed by atoms with Crippen molar-refractivity contribution in [1.82, 2.24) is 0 Å². The minimum atomic E-state index is -1.23. The predicted octanol–water partition coefficient (Wildman–Crippen LogP) is -1.05. The van der Waals surface area contributed by atoms with Gasteiger partial charge in [0.25, 0.3) is 0 Å². The monoisotopic (exact) mass is 130 g/mol. The SMILES string of the molecule is CC(O)C(=O)O.[Mg+2].[O-2].